The molecule has 1 aromatic carbocycles. The summed E-state index contributed by atoms with van der Waals surface area (Å²) in [6.45, 7) is 3.97. The van der Waals surface area contributed by atoms with Crippen LogP contribution in [0.25, 0.3) is 0 Å². The second kappa shape index (κ2) is 8.75. The lowest BCUT2D eigenvalue weighted by molar-refractivity contribution is 0.0936. The van der Waals surface area contributed by atoms with E-state index in [2.05, 4.69) is 17.0 Å². The van der Waals surface area contributed by atoms with E-state index < -0.39 is 10.0 Å². The van der Waals surface area contributed by atoms with Crippen molar-refractivity contribution in [2.45, 2.75) is 39.2 Å². The smallest absolute Gasteiger partial charge is 0.253 e. The summed E-state index contributed by atoms with van der Waals surface area (Å²) >= 11 is 0. The number of rotatable bonds is 9. The molecule has 0 saturated heterocycles. The summed E-state index contributed by atoms with van der Waals surface area (Å²) < 4.78 is 25.8. The Morgan fingerprint density at radius 1 is 1.27 bits per heavy atom. The molecule has 0 aliphatic carbocycles. The number of sulfonamides is 1. The van der Waals surface area contributed by atoms with Crippen molar-refractivity contribution in [2.24, 2.45) is 5.73 Å². The number of nitrogens with one attached hydrogen (secondary N) is 2. The molecule has 0 heterocycles. The maximum atomic E-state index is 12.4. The summed E-state index contributed by atoms with van der Waals surface area (Å²) in [5, 5.41) is 2.86. The van der Waals surface area contributed by atoms with E-state index in [4.69, 9.17) is 5.73 Å². The molecule has 4 N–H and O–H groups in total. The first-order valence-electron chi connectivity index (χ1n) is 7.54. The summed E-state index contributed by atoms with van der Waals surface area (Å²) in [7, 11) is -3.43. The van der Waals surface area contributed by atoms with Gasteiger partial charge in [-0.2, -0.15) is 0 Å². The molecular weight excluding hydrogens is 302 g/mol. The van der Waals surface area contributed by atoms with Crippen LogP contribution in [0, 0.1) is 0 Å². The minimum Gasteiger partial charge on any atom is -0.348 e. The van der Waals surface area contributed by atoms with E-state index in [-0.39, 0.29) is 23.4 Å². The fourth-order valence-electron chi connectivity index (χ4n) is 1.97. The molecule has 1 rings (SSSR count). The number of para-hydroxylation sites is 1. The Hall–Kier alpha value is -1.60. The van der Waals surface area contributed by atoms with Crippen LogP contribution in [0.1, 0.15) is 43.5 Å². The van der Waals surface area contributed by atoms with E-state index in [0.717, 1.165) is 19.3 Å². The van der Waals surface area contributed by atoms with Crippen LogP contribution in [0.5, 0.6) is 0 Å². The molecule has 0 aliphatic heterocycles. The largest absolute Gasteiger partial charge is 0.348 e. The van der Waals surface area contributed by atoms with Gasteiger partial charge in [-0.1, -0.05) is 31.9 Å². The van der Waals surface area contributed by atoms with Crippen LogP contribution >= 0.6 is 0 Å². The molecule has 0 saturated carbocycles. The average Bonchev–Trinajstić information content (AvgIpc) is 2.51. The normalized spacial score (nSPS) is 12.7. The van der Waals surface area contributed by atoms with E-state index in [9.17, 15) is 13.2 Å². The van der Waals surface area contributed by atoms with Crippen LogP contribution < -0.4 is 15.8 Å². The number of anilines is 1. The van der Waals surface area contributed by atoms with Gasteiger partial charge in [0.05, 0.1) is 17.0 Å². The third-order valence-corrected chi connectivity index (χ3v) is 4.63. The van der Waals surface area contributed by atoms with Crippen molar-refractivity contribution in [3.63, 3.8) is 0 Å². The Balaban J connectivity index is 2.89. The first-order valence-corrected chi connectivity index (χ1v) is 9.19. The highest BCUT2D eigenvalue weighted by Gasteiger charge is 2.17. The van der Waals surface area contributed by atoms with Gasteiger partial charge >= 0.3 is 0 Å². The van der Waals surface area contributed by atoms with E-state index >= 15 is 0 Å². The minimum absolute atomic E-state index is 0.0507. The molecule has 1 unspecified atom stereocenters. The highest BCUT2D eigenvalue weighted by atomic mass is 32.2. The number of unbranched alkanes of at least 4 members (excludes halogenated alkanes) is 1. The molecule has 0 aliphatic rings. The van der Waals surface area contributed by atoms with Crippen molar-refractivity contribution in [1.82, 2.24) is 5.32 Å². The average molecular weight is 327 g/mol. The van der Waals surface area contributed by atoms with Gasteiger partial charge in [0.15, 0.2) is 0 Å². The maximum Gasteiger partial charge on any atom is 0.253 e. The molecule has 0 spiro atoms. The van der Waals surface area contributed by atoms with E-state index in [1.54, 1.807) is 31.2 Å². The van der Waals surface area contributed by atoms with Crippen LogP contribution in [0.3, 0.4) is 0 Å². The zero-order chi connectivity index (χ0) is 16.6. The van der Waals surface area contributed by atoms with Crippen molar-refractivity contribution < 1.29 is 13.2 Å². The summed E-state index contributed by atoms with van der Waals surface area (Å²) in [5.41, 5.74) is 6.26. The minimum atomic E-state index is -3.43. The second-order valence-electron chi connectivity index (χ2n) is 5.10. The standard InChI is InChI=1S/C15H25N3O3S/c1-3-5-8-12(11-16)17-15(19)13-9-6-7-10-14(13)18-22(20,21)4-2/h6-7,9-10,12,18H,3-5,8,11,16H2,1-2H3,(H,17,19). The Bertz CT molecular complexity index is 587. The topological polar surface area (TPSA) is 101 Å². The lowest BCUT2D eigenvalue weighted by Gasteiger charge is -2.18. The fraction of sp³-hybridized carbons (Fsp3) is 0.533. The number of carbonyl (C=O) groups excluding carboxylic acids is 1. The quantitative estimate of drug-likeness (QED) is 0.642. The van der Waals surface area contributed by atoms with Crippen molar-refractivity contribution in [1.29, 1.82) is 0 Å². The fourth-order valence-corrected chi connectivity index (χ4v) is 2.63. The SMILES string of the molecule is CCCCC(CN)NC(=O)c1ccccc1NS(=O)(=O)CC. The van der Waals surface area contributed by atoms with Crippen LogP contribution in [0.15, 0.2) is 24.3 Å². The number of benzene rings is 1. The molecule has 6 nitrogen and oxygen atoms in total. The van der Waals surface area contributed by atoms with Gasteiger partial charge in [0.1, 0.15) is 0 Å². The third-order valence-electron chi connectivity index (χ3n) is 3.34. The van der Waals surface area contributed by atoms with Gasteiger partial charge in [-0.15, -0.1) is 0 Å². The molecule has 0 fully saturated rings. The van der Waals surface area contributed by atoms with Gasteiger partial charge in [0.2, 0.25) is 10.0 Å². The molecule has 22 heavy (non-hydrogen) atoms. The van der Waals surface area contributed by atoms with E-state index in [1.165, 1.54) is 0 Å². The molecule has 1 amide bonds. The predicted molar refractivity (Wildman–Crippen MR) is 89.4 cm³/mol. The highest BCUT2D eigenvalue weighted by molar-refractivity contribution is 7.92. The second-order valence-corrected chi connectivity index (χ2v) is 7.11. The van der Waals surface area contributed by atoms with Gasteiger partial charge < -0.3 is 11.1 Å². The molecule has 124 valence electrons. The summed E-state index contributed by atoms with van der Waals surface area (Å²) in [5.74, 6) is -0.369. The lowest BCUT2D eigenvalue weighted by Crippen LogP contribution is -2.40. The predicted octanol–water partition coefficient (Wildman–Crippen LogP) is 1.70. The zero-order valence-electron chi connectivity index (χ0n) is 13.1. The Labute approximate surface area is 132 Å². The van der Waals surface area contributed by atoms with Gasteiger partial charge in [0.25, 0.3) is 5.91 Å². The monoisotopic (exact) mass is 327 g/mol. The van der Waals surface area contributed by atoms with Crippen LogP contribution in [-0.2, 0) is 10.0 Å². The number of hydrogen-bond acceptors (Lipinski definition) is 4. The van der Waals surface area contributed by atoms with Crippen LogP contribution in [0.2, 0.25) is 0 Å². The van der Waals surface area contributed by atoms with Gasteiger partial charge in [0, 0.05) is 12.6 Å². The van der Waals surface area contributed by atoms with Crippen molar-refractivity contribution in [2.75, 3.05) is 17.0 Å². The number of hydrogen-bond donors (Lipinski definition) is 3. The third kappa shape index (κ3) is 5.65. The first-order chi connectivity index (χ1) is 10.4. The van der Waals surface area contributed by atoms with E-state index in [0.29, 0.717) is 12.1 Å². The first kappa shape index (κ1) is 18.4. The Morgan fingerprint density at radius 2 is 1.95 bits per heavy atom. The summed E-state index contributed by atoms with van der Waals surface area (Å²) in [6.07, 6.45) is 2.81. The molecule has 1 atom stereocenters. The number of nitrogens with two attached hydrogens (primary N) is 1. The Morgan fingerprint density at radius 3 is 2.55 bits per heavy atom. The summed E-state index contributed by atoms with van der Waals surface area (Å²) in [4.78, 5) is 12.4. The van der Waals surface area contributed by atoms with Crippen molar-refractivity contribution in [3.8, 4) is 0 Å². The molecule has 0 bridgehead atoms. The molecule has 7 heteroatoms. The van der Waals surface area contributed by atoms with Gasteiger partial charge in [-0.05, 0) is 25.5 Å². The Kier molecular flexibility index (Phi) is 7.34. The summed E-state index contributed by atoms with van der Waals surface area (Å²) in [6, 6.07) is 6.44. The highest BCUT2D eigenvalue weighted by Crippen LogP contribution is 2.17. The van der Waals surface area contributed by atoms with Crippen LogP contribution in [-0.4, -0.2) is 32.7 Å². The number of carbonyl (C=O) groups is 1. The molecule has 1 aromatic rings. The van der Waals surface area contributed by atoms with E-state index in [1.807, 2.05) is 0 Å². The zero-order valence-corrected chi connectivity index (χ0v) is 13.9. The molecule has 0 radical (unpaired) electrons. The van der Waals surface area contributed by atoms with Gasteiger partial charge in [-0.3, -0.25) is 9.52 Å². The maximum absolute atomic E-state index is 12.4. The van der Waals surface area contributed by atoms with Crippen LogP contribution in [0.4, 0.5) is 5.69 Å². The van der Waals surface area contributed by atoms with Crippen molar-refractivity contribution in [3.05, 3.63) is 29.8 Å². The molecular formula is C15H25N3O3S. The number of amides is 1. The molecule has 0 aromatic heterocycles. The lowest BCUT2D eigenvalue weighted by atomic mass is 10.1. The van der Waals surface area contributed by atoms with Crippen molar-refractivity contribution >= 4 is 21.6 Å². The van der Waals surface area contributed by atoms with Gasteiger partial charge in [-0.25, -0.2) is 8.42 Å².